The van der Waals surface area contributed by atoms with Gasteiger partial charge in [-0.3, -0.25) is 5.43 Å². The minimum atomic E-state index is 0. The fraction of sp³-hybridized carbons (Fsp3) is 0.300. The summed E-state index contributed by atoms with van der Waals surface area (Å²) in [4.78, 5) is 4.38. The Morgan fingerprint density at radius 3 is 2.62 bits per heavy atom. The number of para-hydroxylation sites is 2. The summed E-state index contributed by atoms with van der Waals surface area (Å²) >= 11 is 0. The number of halogens is 2. The van der Waals surface area contributed by atoms with Crippen LogP contribution in [0.15, 0.2) is 24.3 Å². The molecule has 1 aromatic carbocycles. The van der Waals surface area contributed by atoms with E-state index in [9.17, 15) is 0 Å². The van der Waals surface area contributed by atoms with E-state index < -0.39 is 0 Å². The second-order valence-corrected chi connectivity index (χ2v) is 3.22. The maximum Gasteiger partial charge on any atom is 0.218 e. The summed E-state index contributed by atoms with van der Waals surface area (Å²) < 4.78 is 2.09. The summed E-state index contributed by atoms with van der Waals surface area (Å²) in [5.74, 6) is 6.14. The van der Waals surface area contributed by atoms with Crippen LogP contribution >= 0.6 is 24.8 Å². The van der Waals surface area contributed by atoms with Gasteiger partial charge in [0, 0.05) is 6.54 Å². The number of nitrogen functional groups attached to an aromatic ring is 1. The molecule has 0 spiro atoms. The van der Waals surface area contributed by atoms with Gasteiger partial charge in [0.05, 0.1) is 11.0 Å². The zero-order chi connectivity index (χ0) is 9.97. The fourth-order valence-electron chi connectivity index (χ4n) is 1.64. The summed E-state index contributed by atoms with van der Waals surface area (Å²) in [7, 11) is 0. The van der Waals surface area contributed by atoms with E-state index in [1.54, 1.807) is 0 Å². The number of benzene rings is 1. The highest BCUT2D eigenvalue weighted by molar-refractivity contribution is 5.85. The molecule has 6 heteroatoms. The molecule has 4 nitrogen and oxygen atoms in total. The highest BCUT2D eigenvalue weighted by Gasteiger charge is 2.07. The number of imidazole rings is 1. The lowest BCUT2D eigenvalue weighted by atomic mass is 10.3. The molecule has 0 atom stereocenters. The maximum absolute atomic E-state index is 5.41. The number of hydrogen-bond acceptors (Lipinski definition) is 3. The SMILES string of the molecule is CCCn1c(NN)nc2ccccc21.Cl.Cl. The van der Waals surface area contributed by atoms with Crippen molar-refractivity contribution in [3.05, 3.63) is 24.3 Å². The number of nitrogens with zero attached hydrogens (tertiary/aromatic N) is 2. The minimum Gasteiger partial charge on any atom is -0.309 e. The van der Waals surface area contributed by atoms with Crippen molar-refractivity contribution in [2.24, 2.45) is 5.84 Å². The van der Waals surface area contributed by atoms with E-state index in [-0.39, 0.29) is 24.8 Å². The van der Waals surface area contributed by atoms with Crippen LogP contribution in [-0.4, -0.2) is 9.55 Å². The first-order valence-corrected chi connectivity index (χ1v) is 4.78. The van der Waals surface area contributed by atoms with Crippen LogP contribution in [0, 0.1) is 0 Å². The van der Waals surface area contributed by atoms with E-state index in [0.29, 0.717) is 0 Å². The number of hydrogen-bond donors (Lipinski definition) is 2. The monoisotopic (exact) mass is 262 g/mol. The summed E-state index contributed by atoms with van der Waals surface area (Å²) in [5.41, 5.74) is 4.73. The zero-order valence-corrected chi connectivity index (χ0v) is 10.6. The Bertz CT molecular complexity index is 441. The van der Waals surface area contributed by atoms with Crippen LogP contribution in [0.1, 0.15) is 13.3 Å². The lowest BCUT2D eigenvalue weighted by Crippen LogP contribution is -2.13. The molecule has 16 heavy (non-hydrogen) atoms. The topological polar surface area (TPSA) is 55.9 Å². The number of nitrogens with one attached hydrogen (secondary N) is 1. The number of nitrogens with two attached hydrogens (primary N) is 1. The number of hydrazine groups is 1. The number of anilines is 1. The highest BCUT2D eigenvalue weighted by Crippen LogP contribution is 2.18. The van der Waals surface area contributed by atoms with E-state index in [0.717, 1.165) is 29.9 Å². The summed E-state index contributed by atoms with van der Waals surface area (Å²) in [5, 5.41) is 0. The van der Waals surface area contributed by atoms with Crippen LogP contribution in [-0.2, 0) is 6.54 Å². The first-order valence-electron chi connectivity index (χ1n) is 4.78. The normalized spacial score (nSPS) is 9.38. The summed E-state index contributed by atoms with van der Waals surface area (Å²) in [6.07, 6.45) is 1.06. The van der Waals surface area contributed by atoms with Crippen molar-refractivity contribution in [1.29, 1.82) is 0 Å². The molecule has 0 unspecified atom stereocenters. The Balaban J connectivity index is 0.00000112. The van der Waals surface area contributed by atoms with Crippen molar-refractivity contribution >= 4 is 41.8 Å². The Morgan fingerprint density at radius 1 is 1.31 bits per heavy atom. The highest BCUT2D eigenvalue weighted by atomic mass is 35.5. The third-order valence-electron chi connectivity index (χ3n) is 2.23. The van der Waals surface area contributed by atoms with Gasteiger partial charge in [-0.25, -0.2) is 10.8 Å². The van der Waals surface area contributed by atoms with E-state index in [4.69, 9.17) is 5.84 Å². The molecule has 0 aliphatic heterocycles. The van der Waals surface area contributed by atoms with Gasteiger partial charge >= 0.3 is 0 Å². The number of rotatable bonds is 3. The fourth-order valence-corrected chi connectivity index (χ4v) is 1.64. The molecule has 1 aromatic heterocycles. The van der Waals surface area contributed by atoms with Gasteiger partial charge in [-0.2, -0.15) is 0 Å². The van der Waals surface area contributed by atoms with Gasteiger partial charge in [0.1, 0.15) is 0 Å². The molecule has 0 fully saturated rings. The minimum absolute atomic E-state index is 0. The molecule has 0 aliphatic rings. The largest absolute Gasteiger partial charge is 0.309 e. The number of aromatic nitrogens is 2. The molecule has 0 aliphatic carbocycles. The quantitative estimate of drug-likeness (QED) is 0.661. The van der Waals surface area contributed by atoms with Crippen LogP contribution in [0.5, 0.6) is 0 Å². The molecule has 0 amide bonds. The third-order valence-corrected chi connectivity index (χ3v) is 2.23. The molecule has 90 valence electrons. The average Bonchev–Trinajstić information content (AvgIpc) is 2.58. The van der Waals surface area contributed by atoms with Crippen LogP contribution < -0.4 is 11.3 Å². The third kappa shape index (κ3) is 2.58. The van der Waals surface area contributed by atoms with E-state index in [1.807, 2.05) is 18.2 Å². The molecule has 1 heterocycles. The van der Waals surface area contributed by atoms with Crippen molar-refractivity contribution in [2.45, 2.75) is 19.9 Å². The first-order chi connectivity index (χ1) is 6.86. The van der Waals surface area contributed by atoms with Gasteiger partial charge in [-0.15, -0.1) is 24.8 Å². The van der Waals surface area contributed by atoms with Gasteiger partial charge in [-0.1, -0.05) is 19.1 Å². The second kappa shape index (κ2) is 6.58. The lowest BCUT2D eigenvalue weighted by Gasteiger charge is -2.05. The standard InChI is InChI=1S/C10H14N4.2ClH/c1-2-7-14-9-6-4-3-5-8(9)12-10(14)13-11;;/h3-6H,2,7,11H2,1H3,(H,12,13);2*1H. The van der Waals surface area contributed by atoms with Crippen molar-refractivity contribution < 1.29 is 0 Å². The predicted molar refractivity (Wildman–Crippen MR) is 72.3 cm³/mol. The molecular formula is C10H16Cl2N4. The summed E-state index contributed by atoms with van der Waals surface area (Å²) in [6.45, 7) is 3.06. The summed E-state index contributed by atoms with van der Waals surface area (Å²) in [6, 6.07) is 8.03. The molecule has 0 saturated carbocycles. The van der Waals surface area contributed by atoms with Gasteiger partial charge in [-0.05, 0) is 18.6 Å². The molecule has 0 saturated heterocycles. The molecule has 0 radical (unpaired) electrons. The molecule has 2 aromatic rings. The van der Waals surface area contributed by atoms with Crippen molar-refractivity contribution in [2.75, 3.05) is 5.43 Å². The smallest absolute Gasteiger partial charge is 0.218 e. The molecule has 3 N–H and O–H groups in total. The van der Waals surface area contributed by atoms with E-state index in [2.05, 4.69) is 28.0 Å². The Labute approximate surface area is 107 Å². The Hall–Kier alpha value is -0.970. The number of fused-ring (bicyclic) bond motifs is 1. The van der Waals surface area contributed by atoms with Crippen molar-refractivity contribution in [1.82, 2.24) is 9.55 Å². The lowest BCUT2D eigenvalue weighted by molar-refractivity contribution is 0.702. The van der Waals surface area contributed by atoms with Crippen LogP contribution in [0.3, 0.4) is 0 Å². The second-order valence-electron chi connectivity index (χ2n) is 3.22. The average molecular weight is 263 g/mol. The maximum atomic E-state index is 5.41. The first kappa shape index (κ1) is 15.0. The van der Waals surface area contributed by atoms with Crippen LogP contribution in [0.2, 0.25) is 0 Å². The Kier molecular flexibility index (Phi) is 6.18. The van der Waals surface area contributed by atoms with Gasteiger partial charge in [0.2, 0.25) is 5.95 Å². The predicted octanol–water partition coefficient (Wildman–Crippen LogP) is 2.58. The van der Waals surface area contributed by atoms with E-state index >= 15 is 0 Å². The zero-order valence-electron chi connectivity index (χ0n) is 9.01. The van der Waals surface area contributed by atoms with Gasteiger partial charge in [0.25, 0.3) is 0 Å². The van der Waals surface area contributed by atoms with Gasteiger partial charge in [0.15, 0.2) is 0 Å². The van der Waals surface area contributed by atoms with Crippen molar-refractivity contribution in [3.63, 3.8) is 0 Å². The molecular weight excluding hydrogens is 247 g/mol. The molecule has 2 rings (SSSR count). The van der Waals surface area contributed by atoms with Crippen LogP contribution in [0.4, 0.5) is 5.95 Å². The van der Waals surface area contributed by atoms with E-state index in [1.165, 1.54) is 0 Å². The van der Waals surface area contributed by atoms with Gasteiger partial charge < -0.3 is 4.57 Å². The number of aryl methyl sites for hydroxylation is 1. The Morgan fingerprint density at radius 2 is 2.00 bits per heavy atom. The van der Waals surface area contributed by atoms with Crippen LogP contribution in [0.25, 0.3) is 11.0 Å². The van der Waals surface area contributed by atoms with Crippen molar-refractivity contribution in [3.8, 4) is 0 Å². The molecule has 0 bridgehead atoms.